The summed E-state index contributed by atoms with van der Waals surface area (Å²) in [6.45, 7) is 10.3. The first-order valence-corrected chi connectivity index (χ1v) is 11.2. The SMILES string of the molecule is CCNC(=NCCCN1CCN(c2ncccn2)CC1)N(C)CCOc1ccccc1. The third kappa shape index (κ3) is 7.71. The Kier molecular flexibility index (Phi) is 9.37. The summed E-state index contributed by atoms with van der Waals surface area (Å²) >= 11 is 0. The van der Waals surface area contributed by atoms with Gasteiger partial charge in [0.05, 0.1) is 6.54 Å². The lowest BCUT2D eigenvalue weighted by Gasteiger charge is -2.34. The van der Waals surface area contributed by atoms with E-state index in [0.29, 0.717) is 6.61 Å². The van der Waals surface area contributed by atoms with Crippen molar-refractivity contribution in [1.29, 1.82) is 0 Å². The number of likely N-dealkylation sites (N-methyl/N-ethyl adjacent to an activating group) is 1. The third-order valence-electron chi connectivity index (χ3n) is 5.24. The molecule has 2 heterocycles. The Morgan fingerprint density at radius 2 is 1.84 bits per heavy atom. The van der Waals surface area contributed by atoms with E-state index in [1.54, 1.807) is 12.4 Å². The maximum atomic E-state index is 5.81. The van der Waals surface area contributed by atoms with E-state index in [4.69, 9.17) is 9.73 Å². The van der Waals surface area contributed by atoms with Crippen LogP contribution in [0.2, 0.25) is 0 Å². The van der Waals surface area contributed by atoms with Crippen molar-refractivity contribution in [3.8, 4) is 5.75 Å². The highest BCUT2D eigenvalue weighted by atomic mass is 16.5. The summed E-state index contributed by atoms with van der Waals surface area (Å²) in [4.78, 5) is 20.4. The maximum Gasteiger partial charge on any atom is 0.225 e. The molecule has 0 radical (unpaired) electrons. The number of hydrogen-bond donors (Lipinski definition) is 1. The molecule has 31 heavy (non-hydrogen) atoms. The summed E-state index contributed by atoms with van der Waals surface area (Å²) in [6.07, 6.45) is 4.66. The topological polar surface area (TPSA) is 69.1 Å². The van der Waals surface area contributed by atoms with Gasteiger partial charge in [-0.1, -0.05) is 18.2 Å². The van der Waals surface area contributed by atoms with Gasteiger partial charge in [-0.15, -0.1) is 0 Å². The fourth-order valence-corrected chi connectivity index (χ4v) is 3.50. The first-order valence-electron chi connectivity index (χ1n) is 11.2. The van der Waals surface area contributed by atoms with Crippen molar-refractivity contribution < 1.29 is 4.74 Å². The minimum Gasteiger partial charge on any atom is -0.492 e. The number of hydrogen-bond acceptors (Lipinski definition) is 6. The normalized spacial score (nSPS) is 15.0. The highest BCUT2D eigenvalue weighted by Crippen LogP contribution is 2.10. The van der Waals surface area contributed by atoms with E-state index in [2.05, 4.69) is 44.0 Å². The molecular formula is C23H35N7O. The van der Waals surface area contributed by atoms with Crippen LogP contribution < -0.4 is 15.0 Å². The van der Waals surface area contributed by atoms with Crippen molar-refractivity contribution in [2.24, 2.45) is 4.99 Å². The quantitative estimate of drug-likeness (QED) is 0.355. The molecule has 0 saturated carbocycles. The number of ether oxygens (including phenoxy) is 1. The standard InChI is InChI=1S/C23H35N7O/c1-3-24-22(28(2)19-20-31-21-9-5-4-6-10-21)25-13-8-14-29-15-17-30(18-16-29)23-26-11-7-12-27-23/h4-7,9-12H,3,8,13-20H2,1-2H3,(H,24,25). The fraction of sp³-hybridized carbons (Fsp3) is 0.522. The van der Waals surface area contributed by atoms with Gasteiger partial charge >= 0.3 is 0 Å². The highest BCUT2D eigenvalue weighted by Gasteiger charge is 2.18. The largest absolute Gasteiger partial charge is 0.492 e. The van der Waals surface area contributed by atoms with E-state index in [-0.39, 0.29) is 0 Å². The minimum absolute atomic E-state index is 0.625. The molecule has 1 aliphatic rings. The van der Waals surface area contributed by atoms with Crippen LogP contribution in [0.5, 0.6) is 5.75 Å². The zero-order chi connectivity index (χ0) is 21.7. The van der Waals surface area contributed by atoms with E-state index < -0.39 is 0 Å². The Bertz CT molecular complexity index is 764. The van der Waals surface area contributed by atoms with E-state index >= 15 is 0 Å². The number of rotatable bonds is 10. The second-order valence-electron chi connectivity index (χ2n) is 7.55. The van der Waals surface area contributed by atoms with E-state index in [1.165, 1.54) is 0 Å². The molecule has 0 bridgehead atoms. The Hall–Kier alpha value is -2.87. The first kappa shape index (κ1) is 22.8. The van der Waals surface area contributed by atoms with Crippen molar-refractivity contribution >= 4 is 11.9 Å². The lowest BCUT2D eigenvalue weighted by Crippen LogP contribution is -2.47. The lowest BCUT2D eigenvalue weighted by atomic mass is 10.3. The zero-order valence-corrected chi connectivity index (χ0v) is 18.8. The third-order valence-corrected chi connectivity index (χ3v) is 5.24. The maximum absolute atomic E-state index is 5.81. The summed E-state index contributed by atoms with van der Waals surface area (Å²) in [5, 5.41) is 3.38. The fourth-order valence-electron chi connectivity index (χ4n) is 3.50. The molecule has 1 fully saturated rings. The molecule has 168 valence electrons. The zero-order valence-electron chi connectivity index (χ0n) is 18.8. The molecular weight excluding hydrogens is 390 g/mol. The number of aromatic nitrogens is 2. The number of benzene rings is 1. The second-order valence-corrected chi connectivity index (χ2v) is 7.55. The van der Waals surface area contributed by atoms with Crippen LogP contribution in [-0.4, -0.2) is 91.7 Å². The smallest absolute Gasteiger partial charge is 0.225 e. The average Bonchev–Trinajstić information content (AvgIpc) is 2.82. The summed E-state index contributed by atoms with van der Waals surface area (Å²) < 4.78 is 5.81. The van der Waals surface area contributed by atoms with Gasteiger partial charge in [0.2, 0.25) is 5.95 Å². The highest BCUT2D eigenvalue weighted by molar-refractivity contribution is 5.79. The van der Waals surface area contributed by atoms with Crippen LogP contribution in [0.25, 0.3) is 0 Å². The van der Waals surface area contributed by atoms with Crippen LogP contribution in [-0.2, 0) is 0 Å². The van der Waals surface area contributed by atoms with Gasteiger partial charge in [-0.3, -0.25) is 9.89 Å². The molecule has 0 aliphatic carbocycles. The summed E-state index contributed by atoms with van der Waals surface area (Å²) in [5.74, 6) is 2.67. The molecule has 0 spiro atoms. The van der Waals surface area contributed by atoms with Gasteiger partial charge in [-0.2, -0.15) is 0 Å². The van der Waals surface area contributed by atoms with Crippen LogP contribution >= 0.6 is 0 Å². The molecule has 2 aromatic rings. The Labute approximate surface area is 186 Å². The lowest BCUT2D eigenvalue weighted by molar-refractivity contribution is 0.255. The molecule has 0 atom stereocenters. The number of guanidine groups is 1. The minimum atomic E-state index is 0.625. The Morgan fingerprint density at radius 3 is 2.55 bits per heavy atom. The molecule has 1 aromatic heterocycles. The van der Waals surface area contributed by atoms with E-state index in [1.807, 2.05) is 36.4 Å². The van der Waals surface area contributed by atoms with Crippen molar-refractivity contribution in [3.05, 3.63) is 48.8 Å². The molecule has 0 unspecified atom stereocenters. The van der Waals surface area contributed by atoms with Gasteiger partial charge in [0.15, 0.2) is 5.96 Å². The molecule has 1 aliphatic heterocycles. The van der Waals surface area contributed by atoms with Crippen LogP contribution in [0.3, 0.4) is 0 Å². The van der Waals surface area contributed by atoms with Crippen molar-refractivity contribution in [1.82, 2.24) is 25.1 Å². The van der Waals surface area contributed by atoms with Crippen molar-refractivity contribution in [3.63, 3.8) is 0 Å². The molecule has 8 heteroatoms. The summed E-state index contributed by atoms with van der Waals surface area (Å²) in [7, 11) is 2.06. The monoisotopic (exact) mass is 425 g/mol. The van der Waals surface area contributed by atoms with Gasteiger partial charge in [-0.05, 0) is 31.5 Å². The van der Waals surface area contributed by atoms with Gasteiger partial charge < -0.3 is 19.9 Å². The van der Waals surface area contributed by atoms with Gasteiger partial charge in [0.1, 0.15) is 12.4 Å². The number of aliphatic imine (C=N–C) groups is 1. The molecule has 1 aromatic carbocycles. The average molecular weight is 426 g/mol. The summed E-state index contributed by atoms with van der Waals surface area (Å²) in [6, 6.07) is 11.8. The van der Waals surface area contributed by atoms with E-state index in [0.717, 1.165) is 76.4 Å². The number of anilines is 1. The first-order chi connectivity index (χ1) is 15.3. The predicted octanol–water partition coefficient (Wildman–Crippen LogP) is 1.97. The molecule has 1 N–H and O–H groups in total. The Balaban J connectivity index is 1.35. The number of para-hydroxylation sites is 1. The van der Waals surface area contributed by atoms with Crippen LogP contribution in [0.1, 0.15) is 13.3 Å². The van der Waals surface area contributed by atoms with E-state index in [9.17, 15) is 0 Å². The van der Waals surface area contributed by atoms with Crippen LogP contribution in [0, 0.1) is 0 Å². The van der Waals surface area contributed by atoms with Crippen molar-refractivity contribution in [2.45, 2.75) is 13.3 Å². The molecule has 3 rings (SSSR count). The van der Waals surface area contributed by atoms with Crippen LogP contribution in [0.4, 0.5) is 5.95 Å². The summed E-state index contributed by atoms with van der Waals surface area (Å²) in [5.41, 5.74) is 0. The number of nitrogens with zero attached hydrogens (tertiary/aromatic N) is 6. The molecule has 0 amide bonds. The number of piperazine rings is 1. The molecule has 8 nitrogen and oxygen atoms in total. The van der Waals surface area contributed by atoms with Gasteiger partial charge in [-0.25, -0.2) is 9.97 Å². The molecule has 1 saturated heterocycles. The van der Waals surface area contributed by atoms with Crippen LogP contribution in [0.15, 0.2) is 53.8 Å². The van der Waals surface area contributed by atoms with Gasteiger partial charge in [0, 0.05) is 65.3 Å². The Morgan fingerprint density at radius 1 is 1.10 bits per heavy atom. The van der Waals surface area contributed by atoms with Crippen molar-refractivity contribution in [2.75, 3.05) is 70.9 Å². The predicted molar refractivity (Wildman–Crippen MR) is 126 cm³/mol. The second kappa shape index (κ2) is 12.7. The number of nitrogens with one attached hydrogen (secondary N) is 1. The van der Waals surface area contributed by atoms with Gasteiger partial charge in [0.25, 0.3) is 0 Å².